The van der Waals surface area contributed by atoms with Gasteiger partial charge >= 0.3 is 0 Å². The van der Waals surface area contributed by atoms with Gasteiger partial charge in [0.25, 0.3) is 5.91 Å². The average molecular weight is 363 g/mol. The molecule has 2 aromatic carbocycles. The van der Waals surface area contributed by atoms with Crippen molar-refractivity contribution in [2.24, 2.45) is 0 Å². The lowest BCUT2D eigenvalue weighted by atomic mass is 10.0. The first-order valence-electron chi connectivity index (χ1n) is 8.74. The smallest absolute Gasteiger partial charge is 0.251 e. The summed E-state index contributed by atoms with van der Waals surface area (Å²) in [6.45, 7) is 2.83. The number of nitrogens with one attached hydrogen (secondary N) is 1. The number of benzene rings is 2. The van der Waals surface area contributed by atoms with Gasteiger partial charge in [-0.05, 0) is 36.8 Å². The molecule has 138 valence electrons. The van der Waals surface area contributed by atoms with Crippen LogP contribution in [0.3, 0.4) is 0 Å². The molecule has 0 unspecified atom stereocenters. The molecule has 0 aliphatic rings. The molecule has 3 rings (SSSR count). The van der Waals surface area contributed by atoms with Gasteiger partial charge in [-0.1, -0.05) is 12.1 Å². The molecule has 0 saturated heterocycles. The summed E-state index contributed by atoms with van der Waals surface area (Å²) in [5.41, 5.74) is 3.74. The van der Waals surface area contributed by atoms with Crippen molar-refractivity contribution >= 4 is 16.8 Å². The Morgan fingerprint density at radius 2 is 2.00 bits per heavy atom. The lowest BCUT2D eigenvalue weighted by Crippen LogP contribution is -2.26. The van der Waals surface area contributed by atoms with Gasteiger partial charge in [-0.25, -0.2) is 0 Å². The van der Waals surface area contributed by atoms with E-state index in [9.17, 15) is 10.1 Å². The third-order valence-corrected chi connectivity index (χ3v) is 4.52. The fourth-order valence-corrected chi connectivity index (χ4v) is 3.25. The highest BCUT2D eigenvalue weighted by Crippen LogP contribution is 2.35. The highest BCUT2D eigenvalue weighted by molar-refractivity contribution is 5.97. The van der Waals surface area contributed by atoms with E-state index in [4.69, 9.17) is 9.84 Å². The summed E-state index contributed by atoms with van der Waals surface area (Å²) in [6, 6.07) is 15.1. The molecule has 0 atom stereocenters. The Labute approximate surface area is 157 Å². The van der Waals surface area contributed by atoms with Gasteiger partial charge in [0.2, 0.25) is 0 Å². The number of carbonyl (C=O) groups is 1. The van der Waals surface area contributed by atoms with Crippen molar-refractivity contribution in [3.63, 3.8) is 0 Å². The average Bonchev–Trinajstić information content (AvgIpc) is 3.04. The van der Waals surface area contributed by atoms with Crippen molar-refractivity contribution < 1.29 is 14.6 Å². The highest BCUT2D eigenvalue weighted by atomic mass is 16.5. The topological polar surface area (TPSA) is 87.3 Å². The summed E-state index contributed by atoms with van der Waals surface area (Å²) in [7, 11) is 1.62. The third kappa shape index (κ3) is 3.37. The van der Waals surface area contributed by atoms with Crippen molar-refractivity contribution in [2.45, 2.75) is 13.5 Å². The number of aromatic nitrogens is 1. The van der Waals surface area contributed by atoms with Crippen molar-refractivity contribution in [2.75, 3.05) is 20.3 Å². The van der Waals surface area contributed by atoms with Crippen molar-refractivity contribution in [1.82, 2.24) is 9.88 Å². The molecule has 1 heterocycles. The second-order valence-corrected chi connectivity index (χ2v) is 6.02. The molecule has 0 aliphatic carbocycles. The van der Waals surface area contributed by atoms with Gasteiger partial charge in [0.05, 0.1) is 30.5 Å². The molecule has 0 saturated carbocycles. The van der Waals surface area contributed by atoms with Crippen molar-refractivity contribution in [3.05, 3.63) is 53.6 Å². The molecule has 27 heavy (non-hydrogen) atoms. The third-order valence-electron chi connectivity index (χ3n) is 4.52. The van der Waals surface area contributed by atoms with Gasteiger partial charge in [0.15, 0.2) is 0 Å². The van der Waals surface area contributed by atoms with Crippen LogP contribution in [0.2, 0.25) is 0 Å². The second-order valence-electron chi connectivity index (χ2n) is 6.02. The fraction of sp³-hybridized carbons (Fsp3) is 0.238. The van der Waals surface area contributed by atoms with Gasteiger partial charge in [-0.15, -0.1) is 0 Å². The first-order chi connectivity index (χ1) is 13.1. The summed E-state index contributed by atoms with van der Waals surface area (Å²) in [6.07, 6.45) is 0. The molecule has 3 aromatic rings. The Hall–Kier alpha value is -3.30. The SMILES string of the molecule is CCn1c(-c2ccc(C(=O)NCCO)cc2)c(C#N)c2ccc(OC)cc21. The Morgan fingerprint density at radius 1 is 1.26 bits per heavy atom. The van der Waals surface area contributed by atoms with E-state index in [1.807, 2.05) is 37.3 Å². The standard InChI is InChI=1S/C21H21N3O3/c1-3-24-19-12-16(27-2)8-9-17(19)18(13-22)20(24)14-4-6-15(7-5-14)21(26)23-10-11-25/h4-9,12,25H,3,10-11H2,1-2H3,(H,23,26). The van der Waals surface area contributed by atoms with E-state index in [2.05, 4.69) is 16.0 Å². The number of hydrogen-bond acceptors (Lipinski definition) is 4. The monoisotopic (exact) mass is 363 g/mol. The molecular weight excluding hydrogens is 342 g/mol. The number of carbonyl (C=O) groups excluding carboxylic acids is 1. The number of nitrogens with zero attached hydrogens (tertiary/aromatic N) is 2. The minimum Gasteiger partial charge on any atom is -0.497 e. The molecule has 6 nitrogen and oxygen atoms in total. The zero-order valence-corrected chi connectivity index (χ0v) is 15.3. The molecule has 0 radical (unpaired) electrons. The van der Waals surface area contributed by atoms with Gasteiger partial charge in [-0.2, -0.15) is 5.26 Å². The summed E-state index contributed by atoms with van der Waals surface area (Å²) >= 11 is 0. The normalized spacial score (nSPS) is 10.6. The largest absolute Gasteiger partial charge is 0.497 e. The van der Waals surface area contributed by atoms with Crippen LogP contribution in [-0.4, -0.2) is 35.8 Å². The van der Waals surface area contributed by atoms with E-state index in [0.29, 0.717) is 17.7 Å². The summed E-state index contributed by atoms with van der Waals surface area (Å²) in [5, 5.41) is 22.1. The summed E-state index contributed by atoms with van der Waals surface area (Å²) < 4.78 is 7.41. The van der Waals surface area contributed by atoms with Gasteiger partial charge < -0.3 is 19.7 Å². The van der Waals surface area contributed by atoms with E-state index in [1.54, 1.807) is 19.2 Å². The molecule has 1 amide bonds. The Kier molecular flexibility index (Phi) is 5.43. The molecule has 0 fully saturated rings. The van der Waals surface area contributed by atoms with Crippen LogP contribution in [0.15, 0.2) is 42.5 Å². The number of amides is 1. The Balaban J connectivity index is 2.11. The number of fused-ring (bicyclic) bond motifs is 1. The first-order valence-corrected chi connectivity index (χ1v) is 8.74. The van der Waals surface area contributed by atoms with Crippen LogP contribution in [-0.2, 0) is 6.54 Å². The van der Waals surface area contributed by atoms with Gasteiger partial charge in [0.1, 0.15) is 11.8 Å². The number of aryl methyl sites for hydroxylation is 1. The number of nitriles is 1. The summed E-state index contributed by atoms with van der Waals surface area (Å²) in [5.74, 6) is 0.499. The Bertz CT molecular complexity index is 1010. The van der Waals surface area contributed by atoms with Crippen LogP contribution >= 0.6 is 0 Å². The molecule has 1 aromatic heterocycles. The fourth-order valence-electron chi connectivity index (χ4n) is 3.25. The predicted octanol–water partition coefficient (Wildman–Crippen LogP) is 2.93. The minimum absolute atomic E-state index is 0.102. The maximum atomic E-state index is 12.0. The molecule has 0 spiro atoms. The number of rotatable bonds is 6. The van der Waals surface area contributed by atoms with Crippen molar-refractivity contribution in [3.8, 4) is 23.1 Å². The quantitative estimate of drug-likeness (QED) is 0.705. The lowest BCUT2D eigenvalue weighted by Gasteiger charge is -2.10. The number of methoxy groups -OCH3 is 1. The second kappa shape index (κ2) is 7.94. The van der Waals surface area contributed by atoms with Crippen LogP contribution in [0, 0.1) is 11.3 Å². The van der Waals surface area contributed by atoms with Crippen molar-refractivity contribution in [1.29, 1.82) is 5.26 Å². The van der Waals surface area contributed by atoms with Gasteiger partial charge in [0, 0.05) is 30.1 Å². The first kappa shape index (κ1) is 18.5. The van der Waals surface area contributed by atoms with E-state index in [1.165, 1.54) is 0 Å². The summed E-state index contributed by atoms with van der Waals surface area (Å²) in [4.78, 5) is 12.0. The number of aliphatic hydroxyl groups is 1. The van der Waals surface area contributed by atoms with E-state index >= 15 is 0 Å². The van der Waals surface area contributed by atoms with Gasteiger partial charge in [-0.3, -0.25) is 4.79 Å². The van der Waals surface area contributed by atoms with E-state index < -0.39 is 0 Å². The van der Waals surface area contributed by atoms with Crippen LogP contribution in [0.4, 0.5) is 0 Å². The van der Waals surface area contributed by atoms with E-state index in [-0.39, 0.29) is 19.1 Å². The number of hydrogen-bond donors (Lipinski definition) is 2. The maximum Gasteiger partial charge on any atom is 0.251 e. The van der Waals surface area contributed by atoms with Crippen LogP contribution in [0.25, 0.3) is 22.2 Å². The van der Waals surface area contributed by atoms with Crippen LogP contribution in [0.5, 0.6) is 5.75 Å². The molecule has 6 heteroatoms. The zero-order valence-electron chi connectivity index (χ0n) is 15.3. The minimum atomic E-state index is -0.239. The molecule has 2 N–H and O–H groups in total. The predicted molar refractivity (Wildman–Crippen MR) is 104 cm³/mol. The number of aliphatic hydroxyl groups excluding tert-OH is 1. The molecule has 0 aliphatic heterocycles. The van der Waals surface area contributed by atoms with Crippen LogP contribution < -0.4 is 10.1 Å². The molecule has 0 bridgehead atoms. The van der Waals surface area contributed by atoms with E-state index in [0.717, 1.165) is 27.9 Å². The lowest BCUT2D eigenvalue weighted by molar-refractivity contribution is 0.0945. The highest BCUT2D eigenvalue weighted by Gasteiger charge is 2.18. The van der Waals surface area contributed by atoms with Crippen LogP contribution in [0.1, 0.15) is 22.8 Å². The zero-order chi connectivity index (χ0) is 19.4. The maximum absolute atomic E-state index is 12.0. The molecular formula is C21H21N3O3. The number of ether oxygens (including phenoxy) is 1. The Morgan fingerprint density at radius 3 is 2.59 bits per heavy atom.